The van der Waals surface area contributed by atoms with E-state index in [2.05, 4.69) is 61.2 Å². The zero-order valence-corrected chi connectivity index (χ0v) is 34.1. The maximum atomic E-state index is 17.9. The summed E-state index contributed by atoms with van der Waals surface area (Å²) in [4.78, 5) is 2.06. The zero-order chi connectivity index (χ0) is 41.4. The van der Waals surface area contributed by atoms with E-state index >= 15 is 4.39 Å². The number of anilines is 3. The first kappa shape index (κ1) is 38.8. The Bertz CT molecular complexity index is 2760. The molecule has 7 aromatic carbocycles. The van der Waals surface area contributed by atoms with Gasteiger partial charge in [-0.15, -0.1) is 16.4 Å². The van der Waals surface area contributed by atoms with Gasteiger partial charge in [-0.3, -0.25) is 0 Å². The maximum absolute atomic E-state index is 17.9. The minimum Gasteiger partial charge on any atom is -0.307 e. The molecule has 2 saturated carbocycles. The van der Waals surface area contributed by atoms with Gasteiger partial charge >= 0.3 is 0 Å². The second kappa shape index (κ2) is 14.9. The van der Waals surface area contributed by atoms with Crippen LogP contribution in [0.15, 0.2) is 140 Å². The van der Waals surface area contributed by atoms with Crippen LogP contribution in [-0.4, -0.2) is 39.2 Å². The van der Waals surface area contributed by atoms with Crippen molar-refractivity contribution in [3.63, 3.8) is 0 Å². The van der Waals surface area contributed by atoms with Crippen molar-refractivity contribution < 1.29 is 4.39 Å². The Hall–Kier alpha value is -5.41. The predicted molar refractivity (Wildman–Crippen MR) is 254 cm³/mol. The van der Waals surface area contributed by atoms with Gasteiger partial charge in [0.1, 0.15) is 45.0 Å². The lowest BCUT2D eigenvalue weighted by atomic mass is 9.49. The maximum Gasteiger partial charge on any atom is 0.148 e. The van der Waals surface area contributed by atoms with Crippen molar-refractivity contribution in [2.45, 2.75) is 44.9 Å². The molecule has 5 unspecified atom stereocenters. The largest absolute Gasteiger partial charge is 0.307 e. The van der Waals surface area contributed by atoms with E-state index < -0.39 is 0 Å². The molecule has 0 amide bonds. The molecular formula is C53H41B5FN. The van der Waals surface area contributed by atoms with E-state index in [1.807, 2.05) is 91.0 Å². The van der Waals surface area contributed by atoms with Crippen LogP contribution in [0.4, 0.5) is 21.5 Å². The molecule has 280 valence electrons. The van der Waals surface area contributed by atoms with Crippen LogP contribution in [-0.2, 0) is 5.41 Å². The summed E-state index contributed by atoms with van der Waals surface area (Å²) in [5, 5.41) is 0. The van der Waals surface area contributed by atoms with E-state index in [-0.39, 0.29) is 38.5 Å². The highest BCUT2D eigenvalue weighted by molar-refractivity contribution is 6.68. The Kier molecular flexibility index (Phi) is 9.66. The summed E-state index contributed by atoms with van der Waals surface area (Å²) < 4.78 is 17.9. The fraction of sp³-hybridized carbons (Fsp3) is 0.208. The number of rotatable bonds is 6. The summed E-state index contributed by atoms with van der Waals surface area (Å²) >= 11 is 0. The van der Waals surface area contributed by atoms with Crippen LogP contribution in [0.1, 0.15) is 50.7 Å². The topological polar surface area (TPSA) is 3.24 Å². The molecule has 1 nitrogen and oxygen atoms in total. The Morgan fingerprint density at radius 1 is 0.517 bits per heavy atom. The van der Waals surface area contributed by atoms with Crippen LogP contribution in [0.3, 0.4) is 0 Å². The Balaban J connectivity index is 1.35. The highest BCUT2D eigenvalue weighted by atomic mass is 19.1. The van der Waals surface area contributed by atoms with Gasteiger partial charge in [-0.25, -0.2) is 4.39 Å². The summed E-state index contributed by atoms with van der Waals surface area (Å²) in [6.45, 7) is 4.88. The van der Waals surface area contributed by atoms with Crippen LogP contribution in [0.5, 0.6) is 0 Å². The molecule has 3 aliphatic carbocycles. The van der Waals surface area contributed by atoms with Crippen molar-refractivity contribution in [3.8, 4) is 44.5 Å². The fourth-order valence-corrected chi connectivity index (χ4v) is 11.7. The van der Waals surface area contributed by atoms with E-state index in [0.717, 1.165) is 52.0 Å². The molecule has 10 rings (SSSR count). The van der Waals surface area contributed by atoms with Crippen LogP contribution in [0, 0.1) is 29.5 Å². The standard InChI is InChI=1S/C53H41B5FN/c1-30-22-32-24-31(2)53(36(23-30)25-32)42-21-13-12-20-38(42)40-28-41(46-47(54)49(56)51(58)50(57)48(46)55)45(29-43(40)53)60(37-18-10-5-11-19-37)52-39(34-16-8-4-9-17-34)26-35(27-44(52)59)33-14-6-3-7-15-33/h3-21,26-32,36H,22-25H2,1-2H3. The van der Waals surface area contributed by atoms with E-state index in [4.69, 9.17) is 39.2 Å². The molecule has 0 saturated heterocycles. The van der Waals surface area contributed by atoms with E-state index in [0.29, 0.717) is 40.5 Å². The lowest BCUT2D eigenvalue weighted by Gasteiger charge is -2.54. The van der Waals surface area contributed by atoms with Gasteiger partial charge in [0.25, 0.3) is 0 Å². The third kappa shape index (κ3) is 5.93. The molecule has 0 N–H and O–H groups in total. The van der Waals surface area contributed by atoms with Crippen LogP contribution in [0.2, 0.25) is 0 Å². The highest BCUT2D eigenvalue weighted by Crippen LogP contribution is 2.65. The fourth-order valence-electron chi connectivity index (χ4n) is 11.7. The molecule has 2 bridgehead atoms. The molecule has 1 spiro atoms. The van der Waals surface area contributed by atoms with Crippen LogP contribution in [0.25, 0.3) is 44.5 Å². The number of halogens is 1. The first-order valence-corrected chi connectivity index (χ1v) is 21.2. The lowest BCUT2D eigenvalue weighted by Crippen LogP contribution is -2.55. The van der Waals surface area contributed by atoms with Crippen LogP contribution < -0.4 is 32.2 Å². The van der Waals surface area contributed by atoms with Gasteiger partial charge in [0, 0.05) is 22.2 Å². The molecular weight excluding hydrogens is 724 g/mol. The molecule has 0 heterocycles. The minimum absolute atomic E-state index is 0.145. The minimum atomic E-state index is -0.379. The van der Waals surface area contributed by atoms with Gasteiger partial charge in [0.05, 0.1) is 11.4 Å². The average Bonchev–Trinajstić information content (AvgIpc) is 3.55. The molecule has 10 radical (unpaired) electrons. The quantitative estimate of drug-likeness (QED) is 0.154. The molecule has 2 fully saturated rings. The summed E-state index contributed by atoms with van der Waals surface area (Å²) in [5.74, 6) is 1.73. The van der Waals surface area contributed by atoms with Crippen molar-refractivity contribution in [2.75, 3.05) is 4.90 Å². The second-order valence-electron chi connectivity index (χ2n) is 17.5. The number of fused-ring (bicyclic) bond motifs is 8. The van der Waals surface area contributed by atoms with Crippen molar-refractivity contribution >= 4 is 83.6 Å². The normalized spacial score (nSPS) is 21.4. The van der Waals surface area contributed by atoms with Gasteiger partial charge in [-0.1, -0.05) is 128 Å². The lowest BCUT2D eigenvalue weighted by molar-refractivity contribution is 0.0426. The third-order valence-electron chi connectivity index (χ3n) is 14.1. The summed E-state index contributed by atoms with van der Waals surface area (Å²) in [5.41, 5.74) is 11.9. The molecule has 5 atom stereocenters. The molecule has 0 aromatic heterocycles. The first-order valence-electron chi connectivity index (χ1n) is 21.2. The Labute approximate surface area is 360 Å². The van der Waals surface area contributed by atoms with Crippen molar-refractivity contribution in [3.05, 3.63) is 156 Å². The SMILES string of the molecule is [B]c1c([B])c([B])c(-c2cc3c(cc2N(c2ccccc2)c2c(F)cc(-c4ccccc4)cc2-c2ccccc2)C2(c4ccccc4-3)C(C)CC3CC(C)CC2C3)c([B])c1[B]. The van der Waals surface area contributed by atoms with Gasteiger partial charge in [-0.2, -0.15) is 0 Å². The van der Waals surface area contributed by atoms with Gasteiger partial charge < -0.3 is 4.90 Å². The number of benzene rings is 7. The number of hydrogen-bond acceptors (Lipinski definition) is 1. The van der Waals surface area contributed by atoms with Crippen molar-refractivity contribution in [2.24, 2.45) is 23.7 Å². The van der Waals surface area contributed by atoms with E-state index in [9.17, 15) is 0 Å². The smallest absolute Gasteiger partial charge is 0.148 e. The number of nitrogens with zero attached hydrogens (tertiary/aromatic N) is 1. The molecule has 60 heavy (non-hydrogen) atoms. The predicted octanol–water partition coefficient (Wildman–Crippen LogP) is 8.62. The third-order valence-corrected chi connectivity index (χ3v) is 14.1. The summed E-state index contributed by atoms with van der Waals surface area (Å²) in [7, 11) is 33.8. The van der Waals surface area contributed by atoms with Gasteiger partial charge in [0.2, 0.25) is 0 Å². The number of para-hydroxylation sites is 1. The van der Waals surface area contributed by atoms with Crippen LogP contribution >= 0.6 is 0 Å². The zero-order valence-electron chi connectivity index (χ0n) is 34.1. The average molecular weight is 765 g/mol. The van der Waals surface area contributed by atoms with E-state index in [1.54, 1.807) is 6.07 Å². The first-order chi connectivity index (χ1) is 29.1. The molecule has 0 aliphatic heterocycles. The number of hydrogen-bond donors (Lipinski definition) is 0. The summed E-state index contributed by atoms with van der Waals surface area (Å²) in [6, 6.07) is 47.2. The highest BCUT2D eigenvalue weighted by Gasteiger charge is 2.57. The molecule has 7 aromatic rings. The van der Waals surface area contributed by atoms with Crippen molar-refractivity contribution in [1.82, 2.24) is 0 Å². The summed E-state index contributed by atoms with van der Waals surface area (Å²) in [6.07, 6.45) is 4.75. The van der Waals surface area contributed by atoms with Crippen molar-refractivity contribution in [1.29, 1.82) is 0 Å². The second-order valence-corrected chi connectivity index (χ2v) is 17.5. The van der Waals surface area contributed by atoms with E-state index in [1.165, 1.54) is 29.5 Å². The van der Waals surface area contributed by atoms with Gasteiger partial charge in [-0.05, 0) is 130 Å². The molecule has 3 aliphatic rings. The Morgan fingerprint density at radius 2 is 1.12 bits per heavy atom. The Morgan fingerprint density at radius 3 is 1.80 bits per heavy atom. The van der Waals surface area contributed by atoms with Gasteiger partial charge in [0.15, 0.2) is 0 Å². The monoisotopic (exact) mass is 765 g/mol. The molecule has 7 heteroatoms.